The van der Waals surface area contributed by atoms with Gasteiger partial charge in [0, 0.05) is 26.2 Å². The van der Waals surface area contributed by atoms with Gasteiger partial charge in [-0.15, -0.1) is 0 Å². The van der Waals surface area contributed by atoms with Crippen LogP contribution in [0.15, 0.2) is 30.3 Å². The second-order valence-corrected chi connectivity index (χ2v) is 3.36. The van der Waals surface area contributed by atoms with Crippen LogP contribution in [0.4, 0.5) is 0 Å². The van der Waals surface area contributed by atoms with E-state index in [-0.39, 0.29) is 35.7 Å². The van der Waals surface area contributed by atoms with Crippen molar-refractivity contribution in [2.24, 2.45) is 0 Å². The van der Waals surface area contributed by atoms with Crippen molar-refractivity contribution in [1.29, 1.82) is 0 Å². The summed E-state index contributed by atoms with van der Waals surface area (Å²) >= 11 is 0. The SMILES string of the molecule is C[SiH2]c1ccccc1.[Zr]. The summed E-state index contributed by atoms with van der Waals surface area (Å²) in [5.41, 5.74) is 0. The summed E-state index contributed by atoms with van der Waals surface area (Å²) in [5, 5.41) is 1.55. The molecule has 0 atom stereocenters. The minimum absolute atomic E-state index is 0. The van der Waals surface area contributed by atoms with E-state index in [1.807, 2.05) is 0 Å². The molecule has 0 unspecified atom stereocenters. The molecule has 9 heavy (non-hydrogen) atoms. The van der Waals surface area contributed by atoms with Crippen molar-refractivity contribution in [3.8, 4) is 0 Å². The maximum Gasteiger partial charge on any atom is 0.0516 e. The van der Waals surface area contributed by atoms with E-state index in [0.717, 1.165) is 0 Å². The molecule has 0 fully saturated rings. The van der Waals surface area contributed by atoms with Crippen LogP contribution in [0.1, 0.15) is 0 Å². The third-order valence-corrected chi connectivity index (χ3v) is 2.54. The van der Waals surface area contributed by atoms with Crippen LogP contribution in [0.2, 0.25) is 6.55 Å². The summed E-state index contributed by atoms with van der Waals surface area (Å²) in [6, 6.07) is 10.7. The van der Waals surface area contributed by atoms with Gasteiger partial charge in [-0.1, -0.05) is 42.1 Å². The minimum atomic E-state index is 0. The Bertz CT molecular complexity index is 150. The number of hydrogen-bond acceptors (Lipinski definition) is 0. The molecule has 0 bridgehead atoms. The van der Waals surface area contributed by atoms with Gasteiger partial charge in [-0.05, 0) is 0 Å². The van der Waals surface area contributed by atoms with Gasteiger partial charge in [-0.3, -0.25) is 0 Å². The Morgan fingerprint density at radius 3 is 2.00 bits per heavy atom. The topological polar surface area (TPSA) is 0 Å². The van der Waals surface area contributed by atoms with Crippen molar-refractivity contribution in [2.75, 3.05) is 0 Å². The molecule has 1 aromatic carbocycles. The third kappa shape index (κ3) is 3.12. The van der Waals surface area contributed by atoms with E-state index in [2.05, 4.69) is 36.9 Å². The van der Waals surface area contributed by atoms with Gasteiger partial charge in [-0.2, -0.15) is 0 Å². The normalized spacial score (nSPS) is 9.44. The summed E-state index contributed by atoms with van der Waals surface area (Å²) < 4.78 is 0. The molecule has 0 saturated carbocycles. The summed E-state index contributed by atoms with van der Waals surface area (Å²) in [6.45, 7) is 2.30. The zero-order chi connectivity index (χ0) is 5.82. The first-order valence-electron chi connectivity index (χ1n) is 2.97. The van der Waals surface area contributed by atoms with E-state index in [1.165, 1.54) is 0 Å². The molecule has 0 aliphatic heterocycles. The fourth-order valence-electron chi connectivity index (χ4n) is 0.714. The second kappa shape index (κ2) is 5.13. The predicted octanol–water partition coefficient (Wildman–Crippen LogP) is 0.526. The Morgan fingerprint density at radius 2 is 1.67 bits per heavy atom. The Hall–Kier alpha value is 0.320. The first kappa shape index (κ1) is 9.32. The Labute approximate surface area is 77.6 Å². The molecule has 0 aromatic heterocycles. The standard InChI is InChI=1S/C7H10Si.Zr/c1-8-7-5-3-2-4-6-7;/h2-6H,8H2,1H3;. The van der Waals surface area contributed by atoms with Crippen LogP contribution in [0.3, 0.4) is 0 Å². The fourth-order valence-corrected chi connectivity index (χ4v) is 1.46. The van der Waals surface area contributed by atoms with Gasteiger partial charge in [0.15, 0.2) is 0 Å². The number of benzene rings is 1. The molecule has 0 saturated heterocycles. The Balaban J connectivity index is 0.000000640. The minimum Gasteiger partial charge on any atom is -0.0708 e. The monoisotopic (exact) mass is 212 g/mol. The van der Waals surface area contributed by atoms with Gasteiger partial charge in [-0.25, -0.2) is 0 Å². The van der Waals surface area contributed by atoms with Crippen molar-refractivity contribution in [1.82, 2.24) is 0 Å². The summed E-state index contributed by atoms with van der Waals surface area (Å²) in [7, 11) is 0.0913. The summed E-state index contributed by atoms with van der Waals surface area (Å²) in [5.74, 6) is 0. The molecule has 46 valence electrons. The van der Waals surface area contributed by atoms with Crippen molar-refractivity contribution in [3.05, 3.63) is 30.3 Å². The first-order valence-corrected chi connectivity index (χ1v) is 5.09. The smallest absolute Gasteiger partial charge is 0.0516 e. The number of rotatable bonds is 1. The van der Waals surface area contributed by atoms with E-state index in [1.54, 1.807) is 5.19 Å². The van der Waals surface area contributed by atoms with E-state index in [4.69, 9.17) is 0 Å². The second-order valence-electron chi connectivity index (χ2n) is 1.84. The van der Waals surface area contributed by atoms with Crippen molar-refractivity contribution < 1.29 is 26.2 Å². The van der Waals surface area contributed by atoms with Crippen LogP contribution in [-0.2, 0) is 26.2 Å². The molecule has 0 aliphatic rings. The molecule has 1 rings (SSSR count). The molecule has 0 N–H and O–H groups in total. The van der Waals surface area contributed by atoms with Crippen LogP contribution in [0, 0.1) is 0 Å². The molecule has 2 heteroatoms. The molecule has 0 nitrogen and oxygen atoms in total. The molecule has 0 spiro atoms. The van der Waals surface area contributed by atoms with Gasteiger partial charge < -0.3 is 0 Å². The fraction of sp³-hybridized carbons (Fsp3) is 0.143. The van der Waals surface area contributed by atoms with Crippen molar-refractivity contribution in [2.45, 2.75) is 6.55 Å². The maximum atomic E-state index is 2.30. The Kier molecular flexibility index (Phi) is 5.31. The van der Waals surface area contributed by atoms with Crippen LogP contribution < -0.4 is 5.19 Å². The number of hydrogen-bond donors (Lipinski definition) is 0. The average molecular weight is 213 g/mol. The van der Waals surface area contributed by atoms with Crippen LogP contribution in [0.25, 0.3) is 0 Å². The van der Waals surface area contributed by atoms with Gasteiger partial charge in [0.05, 0.1) is 9.52 Å². The van der Waals surface area contributed by atoms with Crippen LogP contribution in [0.5, 0.6) is 0 Å². The molecule has 1 aromatic rings. The van der Waals surface area contributed by atoms with Gasteiger partial charge in [0.1, 0.15) is 0 Å². The Morgan fingerprint density at radius 1 is 1.11 bits per heavy atom. The van der Waals surface area contributed by atoms with E-state index in [9.17, 15) is 0 Å². The zero-order valence-electron chi connectivity index (χ0n) is 5.59. The molecule has 0 amide bonds. The van der Waals surface area contributed by atoms with Crippen molar-refractivity contribution >= 4 is 14.7 Å². The quantitative estimate of drug-likeness (QED) is 0.597. The maximum absolute atomic E-state index is 2.30. The molecule has 0 aliphatic carbocycles. The van der Waals surface area contributed by atoms with Crippen molar-refractivity contribution in [3.63, 3.8) is 0 Å². The molecular formula is C7H10SiZr. The molecule has 0 heterocycles. The molecule has 0 radical (unpaired) electrons. The largest absolute Gasteiger partial charge is 0.0708 e. The summed E-state index contributed by atoms with van der Waals surface area (Å²) in [6.07, 6.45) is 0. The van der Waals surface area contributed by atoms with Gasteiger partial charge in [0.25, 0.3) is 0 Å². The summed E-state index contributed by atoms with van der Waals surface area (Å²) in [4.78, 5) is 0. The average Bonchev–Trinajstić information content (AvgIpc) is 1.90. The predicted molar refractivity (Wildman–Crippen MR) is 40.5 cm³/mol. The third-order valence-electron chi connectivity index (χ3n) is 1.25. The van der Waals surface area contributed by atoms with E-state index >= 15 is 0 Å². The van der Waals surface area contributed by atoms with Crippen LogP contribution >= 0.6 is 0 Å². The van der Waals surface area contributed by atoms with E-state index < -0.39 is 0 Å². The van der Waals surface area contributed by atoms with Crippen LogP contribution in [-0.4, -0.2) is 9.52 Å². The molecular weight excluding hydrogens is 203 g/mol. The van der Waals surface area contributed by atoms with Gasteiger partial charge in [0.2, 0.25) is 0 Å². The first-order chi connectivity index (χ1) is 3.93. The van der Waals surface area contributed by atoms with Gasteiger partial charge >= 0.3 is 0 Å². The zero-order valence-corrected chi connectivity index (χ0v) is 9.47. The van der Waals surface area contributed by atoms with E-state index in [0.29, 0.717) is 0 Å².